The lowest BCUT2D eigenvalue weighted by molar-refractivity contribution is -0.383. The van der Waals surface area contributed by atoms with Gasteiger partial charge in [-0.3, -0.25) is 10.1 Å². The van der Waals surface area contributed by atoms with Crippen LogP contribution in [-0.2, 0) is 4.74 Å². The Balaban J connectivity index is 1.94. The summed E-state index contributed by atoms with van der Waals surface area (Å²) in [7, 11) is 0. The molecule has 2 heterocycles. The molecule has 1 saturated heterocycles. The van der Waals surface area contributed by atoms with Crippen molar-refractivity contribution in [2.45, 2.75) is 24.0 Å². The van der Waals surface area contributed by atoms with Gasteiger partial charge in [-0.05, 0) is 16.4 Å². The summed E-state index contributed by atoms with van der Waals surface area (Å²) in [6.45, 7) is -0.997. The van der Waals surface area contributed by atoms with Crippen LogP contribution in [0.3, 0.4) is 0 Å². The van der Waals surface area contributed by atoms with Crippen molar-refractivity contribution in [1.82, 2.24) is 10.3 Å². The highest BCUT2D eigenvalue weighted by atomic mass is 16.6. The number of aliphatic hydroxyl groups is 4. The summed E-state index contributed by atoms with van der Waals surface area (Å²) in [5.74, 6) is 0. The number of hydrogen-bond donors (Lipinski definition) is 5. The Labute approximate surface area is 133 Å². The lowest BCUT2D eigenvalue weighted by Crippen LogP contribution is -2.65. The molecular weight excluding hydrogens is 328 g/mol. The van der Waals surface area contributed by atoms with Gasteiger partial charge in [0.05, 0.1) is 23.8 Å². The lowest BCUT2D eigenvalue weighted by Gasteiger charge is -2.43. The molecule has 0 saturated carbocycles. The molecule has 0 aliphatic carbocycles. The second-order valence-corrected chi connectivity index (χ2v) is 5.37. The smallest absolute Gasteiger partial charge is 0.300 e. The van der Waals surface area contributed by atoms with Crippen molar-refractivity contribution in [2.24, 2.45) is 0 Å². The van der Waals surface area contributed by atoms with Gasteiger partial charge in [-0.25, -0.2) is 4.63 Å². The number of hydrogen-bond acceptors (Lipinski definition) is 11. The minimum Gasteiger partial charge on any atom is -0.394 e. The maximum Gasteiger partial charge on any atom is 0.300 e. The van der Waals surface area contributed by atoms with Crippen LogP contribution in [0.4, 0.5) is 11.4 Å². The number of aliphatic hydroxyl groups excluding tert-OH is 3. The summed E-state index contributed by atoms with van der Waals surface area (Å²) in [6, 6.07) is 2.38. The average molecular weight is 342 g/mol. The Kier molecular flexibility index (Phi) is 4.06. The minimum atomic E-state index is -2.12. The molecule has 0 radical (unpaired) electrons. The van der Waals surface area contributed by atoms with Gasteiger partial charge in [-0.15, -0.1) is 0 Å². The molecule has 12 nitrogen and oxygen atoms in total. The normalized spacial score (nSPS) is 30.4. The fourth-order valence-corrected chi connectivity index (χ4v) is 2.51. The van der Waals surface area contributed by atoms with E-state index in [-0.39, 0.29) is 22.4 Å². The van der Waals surface area contributed by atoms with Crippen LogP contribution in [0.15, 0.2) is 16.8 Å². The van der Waals surface area contributed by atoms with Crippen LogP contribution in [0, 0.1) is 10.1 Å². The molecule has 1 aromatic carbocycles. The number of non-ortho nitro benzene ring substituents is 1. The van der Waals surface area contributed by atoms with E-state index >= 15 is 0 Å². The molecule has 5 N–H and O–H groups in total. The lowest BCUT2D eigenvalue weighted by atomic mass is 9.94. The van der Waals surface area contributed by atoms with Crippen LogP contribution in [-0.4, -0.2) is 72.9 Å². The Morgan fingerprint density at radius 2 is 2.08 bits per heavy atom. The monoisotopic (exact) mass is 342 g/mol. The number of nitro benzene ring substituents is 1. The number of nitro groups is 1. The molecule has 1 aromatic heterocycles. The van der Waals surface area contributed by atoms with Crippen molar-refractivity contribution < 1.29 is 34.7 Å². The fourth-order valence-electron chi connectivity index (χ4n) is 2.51. The molecule has 130 valence electrons. The minimum absolute atomic E-state index is 0.0383. The van der Waals surface area contributed by atoms with Crippen molar-refractivity contribution in [3.63, 3.8) is 0 Å². The summed E-state index contributed by atoms with van der Waals surface area (Å²) in [6.07, 6.45) is -4.30. The quantitative estimate of drug-likeness (QED) is 0.243. The summed E-state index contributed by atoms with van der Waals surface area (Å²) in [5.41, 5.74) is -2.56. The first-order valence-electron chi connectivity index (χ1n) is 6.86. The molecule has 1 fully saturated rings. The molecule has 0 bridgehead atoms. The van der Waals surface area contributed by atoms with Crippen molar-refractivity contribution in [1.29, 1.82) is 0 Å². The average Bonchev–Trinajstić information content (AvgIpc) is 3.03. The van der Waals surface area contributed by atoms with Crippen molar-refractivity contribution in [3.05, 3.63) is 22.2 Å². The van der Waals surface area contributed by atoms with Crippen LogP contribution in [0.2, 0.25) is 0 Å². The Hall–Kier alpha value is -2.38. The van der Waals surface area contributed by atoms with E-state index in [0.29, 0.717) is 0 Å². The van der Waals surface area contributed by atoms with E-state index in [9.17, 15) is 25.4 Å². The SMILES string of the molecule is O=[N+]([O-])c1ccc(N[C@]2(O)CO[C@H](CO)[C@@H](O)[C@@H]2O)c2nonc12. The van der Waals surface area contributed by atoms with Crippen molar-refractivity contribution in [3.8, 4) is 0 Å². The Bertz CT molecular complexity index is 767. The van der Waals surface area contributed by atoms with Gasteiger partial charge in [-0.1, -0.05) is 0 Å². The fraction of sp³-hybridized carbons (Fsp3) is 0.500. The summed E-state index contributed by atoms with van der Waals surface area (Å²) in [4.78, 5) is 10.3. The maximum absolute atomic E-state index is 11.0. The van der Waals surface area contributed by atoms with Crippen LogP contribution in [0.25, 0.3) is 11.0 Å². The standard InChI is InChI=1S/C12H14N4O8/c17-3-7-10(18)11(19)12(20,4-23-7)13-5-1-2-6(16(21)22)9-8(5)14-24-15-9/h1-2,7,10-11,13,17-20H,3-4H2/t7-,10-,11+,12+/m1/s1. The van der Waals surface area contributed by atoms with Crippen LogP contribution in [0.1, 0.15) is 0 Å². The number of nitrogens with zero attached hydrogens (tertiary/aromatic N) is 3. The largest absolute Gasteiger partial charge is 0.394 e. The first-order chi connectivity index (χ1) is 11.4. The zero-order chi connectivity index (χ0) is 17.5. The zero-order valence-corrected chi connectivity index (χ0v) is 12.1. The van der Waals surface area contributed by atoms with Gasteiger partial charge in [0, 0.05) is 6.07 Å². The van der Waals surface area contributed by atoms with Crippen LogP contribution < -0.4 is 5.32 Å². The van der Waals surface area contributed by atoms with E-state index in [1.165, 1.54) is 6.07 Å². The van der Waals surface area contributed by atoms with Gasteiger partial charge in [0.2, 0.25) is 5.52 Å². The van der Waals surface area contributed by atoms with E-state index in [1.807, 2.05) is 0 Å². The number of benzene rings is 1. The molecule has 1 aliphatic heterocycles. The number of nitrogens with one attached hydrogen (secondary N) is 1. The molecule has 2 aromatic rings. The van der Waals surface area contributed by atoms with Gasteiger partial charge in [0.15, 0.2) is 11.2 Å². The maximum atomic E-state index is 11.0. The third-order valence-corrected chi connectivity index (χ3v) is 3.83. The number of anilines is 1. The predicted molar refractivity (Wildman–Crippen MR) is 75.9 cm³/mol. The number of rotatable bonds is 4. The van der Waals surface area contributed by atoms with Gasteiger partial charge in [-0.2, -0.15) is 0 Å². The van der Waals surface area contributed by atoms with E-state index in [4.69, 9.17) is 9.84 Å². The molecule has 12 heteroatoms. The van der Waals surface area contributed by atoms with Crippen molar-refractivity contribution >= 4 is 22.4 Å². The predicted octanol–water partition coefficient (Wildman–Crippen LogP) is -1.66. The first-order valence-corrected chi connectivity index (χ1v) is 6.86. The summed E-state index contributed by atoms with van der Waals surface area (Å²) < 4.78 is 9.61. The molecule has 0 unspecified atom stereocenters. The third-order valence-electron chi connectivity index (χ3n) is 3.83. The molecule has 0 spiro atoms. The number of ether oxygens (including phenoxy) is 1. The molecular formula is C12H14N4O8. The summed E-state index contributed by atoms with van der Waals surface area (Å²) in [5, 5.41) is 60.0. The van der Waals surface area contributed by atoms with E-state index < -0.39 is 42.2 Å². The first kappa shape index (κ1) is 16.5. The van der Waals surface area contributed by atoms with Crippen molar-refractivity contribution in [2.75, 3.05) is 18.5 Å². The molecule has 0 amide bonds. The second kappa shape index (κ2) is 5.92. The van der Waals surface area contributed by atoms with Gasteiger partial charge < -0.3 is 30.5 Å². The highest BCUT2D eigenvalue weighted by molar-refractivity contribution is 5.93. The zero-order valence-electron chi connectivity index (χ0n) is 12.1. The Morgan fingerprint density at radius 3 is 2.75 bits per heavy atom. The summed E-state index contributed by atoms with van der Waals surface area (Å²) >= 11 is 0. The van der Waals surface area contributed by atoms with Gasteiger partial charge in [0.25, 0.3) is 0 Å². The van der Waals surface area contributed by atoms with Gasteiger partial charge >= 0.3 is 5.69 Å². The second-order valence-electron chi connectivity index (χ2n) is 5.37. The molecule has 3 rings (SSSR count). The molecule has 4 atom stereocenters. The van der Waals surface area contributed by atoms with Gasteiger partial charge in [0.1, 0.15) is 18.3 Å². The topological polar surface area (TPSA) is 184 Å². The van der Waals surface area contributed by atoms with E-state index in [2.05, 4.69) is 20.3 Å². The Morgan fingerprint density at radius 1 is 1.38 bits per heavy atom. The third kappa shape index (κ3) is 2.55. The van der Waals surface area contributed by atoms with E-state index in [1.54, 1.807) is 0 Å². The molecule has 24 heavy (non-hydrogen) atoms. The highest BCUT2D eigenvalue weighted by Gasteiger charge is 2.48. The van der Waals surface area contributed by atoms with Crippen LogP contribution in [0.5, 0.6) is 0 Å². The van der Waals surface area contributed by atoms with E-state index in [0.717, 1.165) is 6.07 Å². The highest BCUT2D eigenvalue weighted by Crippen LogP contribution is 2.32. The van der Waals surface area contributed by atoms with Crippen LogP contribution >= 0.6 is 0 Å². The number of fused-ring (bicyclic) bond motifs is 1. The number of aromatic nitrogens is 2. The molecule has 1 aliphatic rings.